The molecule has 0 saturated heterocycles. The van der Waals surface area contributed by atoms with Crippen molar-refractivity contribution in [1.29, 1.82) is 0 Å². The second kappa shape index (κ2) is 17.0. The van der Waals surface area contributed by atoms with Gasteiger partial charge in [0.2, 0.25) is 17.7 Å². The van der Waals surface area contributed by atoms with E-state index in [-0.39, 0.29) is 25.4 Å². The van der Waals surface area contributed by atoms with Crippen LogP contribution in [0.25, 0.3) is 0 Å². The average Bonchev–Trinajstić information content (AvgIpc) is 3.44. The van der Waals surface area contributed by atoms with Crippen molar-refractivity contribution < 1.29 is 23.9 Å². The van der Waals surface area contributed by atoms with Crippen molar-refractivity contribution in [2.24, 2.45) is 0 Å². The summed E-state index contributed by atoms with van der Waals surface area (Å²) in [5.74, 6) is -1.40. The molecule has 0 fully saturated rings. The third kappa shape index (κ3) is 13.3. The zero-order chi connectivity index (χ0) is 30.3. The number of unbranched alkanes of at least 4 members (excludes halogenated alkanes) is 1. The molecular formula is C29H45N7O5. The third-order valence-corrected chi connectivity index (χ3v) is 6.16. The number of H-pyrrole nitrogens is 1. The molecule has 0 aliphatic carbocycles. The minimum atomic E-state index is -1.15. The van der Waals surface area contributed by atoms with E-state index in [4.69, 9.17) is 4.74 Å². The Morgan fingerprint density at radius 3 is 2.44 bits per heavy atom. The first-order valence-electron chi connectivity index (χ1n) is 14.0. The quantitative estimate of drug-likeness (QED) is 0.162. The number of rotatable bonds is 15. The topological polar surface area (TPSA) is 158 Å². The van der Waals surface area contributed by atoms with Crippen molar-refractivity contribution in [3.63, 3.8) is 0 Å². The SMILES string of the molecule is CNC(=O)CNC(=O)C(Cc1ccccc1)N(NC(=O)CCCCC(C)NCCc1cnc[nH]1)C(=O)OC(C)(C)C. The smallest absolute Gasteiger partial charge is 0.429 e. The summed E-state index contributed by atoms with van der Waals surface area (Å²) in [6.07, 6.45) is 6.01. The summed E-state index contributed by atoms with van der Waals surface area (Å²) in [6, 6.07) is 8.24. The van der Waals surface area contributed by atoms with Gasteiger partial charge in [0, 0.05) is 50.8 Å². The Labute approximate surface area is 242 Å². The number of likely N-dealkylation sites (N-methyl/N-ethyl adjacent to an activating group) is 1. The molecule has 1 aromatic heterocycles. The third-order valence-electron chi connectivity index (χ3n) is 6.16. The maximum absolute atomic E-state index is 13.3. The van der Waals surface area contributed by atoms with Gasteiger partial charge in [-0.1, -0.05) is 36.8 Å². The molecule has 0 saturated carbocycles. The number of aromatic amines is 1. The molecule has 2 aromatic rings. The number of hydrazine groups is 1. The van der Waals surface area contributed by atoms with Crippen LogP contribution < -0.4 is 21.4 Å². The lowest BCUT2D eigenvalue weighted by Crippen LogP contribution is -2.59. The molecular weight excluding hydrogens is 526 g/mol. The lowest BCUT2D eigenvalue weighted by molar-refractivity contribution is -0.134. The van der Waals surface area contributed by atoms with Gasteiger partial charge in [0.1, 0.15) is 11.6 Å². The van der Waals surface area contributed by atoms with E-state index in [1.54, 1.807) is 27.1 Å². The largest absolute Gasteiger partial charge is 0.442 e. The van der Waals surface area contributed by atoms with Crippen molar-refractivity contribution in [3.05, 3.63) is 54.1 Å². The zero-order valence-corrected chi connectivity index (χ0v) is 24.8. The van der Waals surface area contributed by atoms with Gasteiger partial charge in [-0.25, -0.2) is 14.8 Å². The Bertz CT molecular complexity index is 1090. The molecule has 2 atom stereocenters. The molecule has 2 unspecified atom stereocenters. The van der Waals surface area contributed by atoms with E-state index in [0.29, 0.717) is 6.42 Å². The highest BCUT2D eigenvalue weighted by Gasteiger charge is 2.35. The maximum atomic E-state index is 13.3. The molecule has 41 heavy (non-hydrogen) atoms. The molecule has 0 radical (unpaired) electrons. The molecule has 5 N–H and O–H groups in total. The number of benzene rings is 1. The van der Waals surface area contributed by atoms with Gasteiger partial charge in [-0.2, -0.15) is 0 Å². The van der Waals surface area contributed by atoms with Crippen molar-refractivity contribution in [3.8, 4) is 0 Å². The van der Waals surface area contributed by atoms with Gasteiger partial charge in [-0.05, 0) is 46.1 Å². The number of hydrogen-bond acceptors (Lipinski definition) is 7. The first-order chi connectivity index (χ1) is 19.5. The van der Waals surface area contributed by atoms with Crippen LogP contribution in [0.2, 0.25) is 0 Å². The Hall–Kier alpha value is -3.93. The molecule has 1 heterocycles. The number of ether oxygens (including phenoxy) is 1. The fourth-order valence-electron chi connectivity index (χ4n) is 3.98. The lowest BCUT2D eigenvalue weighted by Gasteiger charge is -2.33. The monoisotopic (exact) mass is 571 g/mol. The Kier molecular flexibility index (Phi) is 13.8. The maximum Gasteiger partial charge on any atom is 0.429 e. The molecule has 0 aliphatic rings. The molecule has 2 rings (SSSR count). The van der Waals surface area contributed by atoms with Gasteiger partial charge in [0.05, 0.1) is 12.9 Å². The van der Waals surface area contributed by atoms with E-state index in [1.165, 1.54) is 7.05 Å². The van der Waals surface area contributed by atoms with E-state index >= 15 is 0 Å². The minimum absolute atomic E-state index is 0.0989. The summed E-state index contributed by atoms with van der Waals surface area (Å²) in [6.45, 7) is 7.75. The molecule has 0 spiro atoms. The first kappa shape index (κ1) is 33.3. The number of amides is 4. The summed E-state index contributed by atoms with van der Waals surface area (Å²) in [5, 5.41) is 9.40. The van der Waals surface area contributed by atoms with Crippen LogP contribution in [-0.4, -0.2) is 76.6 Å². The molecule has 12 nitrogen and oxygen atoms in total. The predicted octanol–water partition coefficient (Wildman–Crippen LogP) is 2.23. The number of aromatic nitrogens is 2. The number of imidazole rings is 1. The highest BCUT2D eigenvalue weighted by molar-refractivity contribution is 5.90. The highest BCUT2D eigenvalue weighted by Crippen LogP contribution is 2.15. The van der Waals surface area contributed by atoms with E-state index in [0.717, 1.165) is 42.1 Å². The van der Waals surface area contributed by atoms with Crippen LogP contribution in [0, 0.1) is 0 Å². The number of carbonyl (C=O) groups is 4. The summed E-state index contributed by atoms with van der Waals surface area (Å²) in [5.41, 5.74) is 3.59. The summed E-state index contributed by atoms with van der Waals surface area (Å²) in [4.78, 5) is 58.3. The number of carbonyl (C=O) groups excluding carboxylic acids is 4. The normalized spacial score (nSPS) is 12.6. The van der Waals surface area contributed by atoms with Gasteiger partial charge < -0.3 is 25.7 Å². The fourth-order valence-corrected chi connectivity index (χ4v) is 3.98. The lowest BCUT2D eigenvalue weighted by atomic mass is 10.0. The molecule has 4 amide bonds. The van der Waals surface area contributed by atoms with Crippen LogP contribution in [-0.2, 0) is 32.0 Å². The van der Waals surface area contributed by atoms with Gasteiger partial charge >= 0.3 is 6.09 Å². The van der Waals surface area contributed by atoms with Crippen molar-refractivity contribution in [1.82, 2.24) is 36.4 Å². The van der Waals surface area contributed by atoms with Gasteiger partial charge in [-0.3, -0.25) is 19.8 Å². The Morgan fingerprint density at radius 1 is 1.07 bits per heavy atom. The number of nitrogens with zero attached hydrogens (tertiary/aromatic N) is 2. The van der Waals surface area contributed by atoms with E-state index in [1.807, 2.05) is 36.5 Å². The predicted molar refractivity (Wildman–Crippen MR) is 155 cm³/mol. The standard InChI is InChI=1S/C29H45N7O5/c1-21(32-16-15-23-18-31-20-34-23)11-9-10-14-25(37)35-36(28(40)41-29(2,3)4)24(17-22-12-7-6-8-13-22)27(39)33-19-26(38)30-5/h6-8,12-13,18,20-21,24,32H,9-11,14-17,19H2,1-5H3,(H,30,38)(H,31,34)(H,33,39)(H,35,37). The average molecular weight is 572 g/mol. The summed E-state index contributed by atoms with van der Waals surface area (Å²) < 4.78 is 5.54. The molecule has 1 aromatic carbocycles. The second-order valence-electron chi connectivity index (χ2n) is 10.9. The Balaban J connectivity index is 2.02. The summed E-state index contributed by atoms with van der Waals surface area (Å²) >= 11 is 0. The minimum Gasteiger partial charge on any atom is -0.442 e. The second-order valence-corrected chi connectivity index (χ2v) is 10.9. The van der Waals surface area contributed by atoms with Crippen molar-refractivity contribution in [2.45, 2.75) is 83.9 Å². The van der Waals surface area contributed by atoms with Crippen LogP contribution in [0.4, 0.5) is 4.79 Å². The molecule has 226 valence electrons. The van der Waals surface area contributed by atoms with Crippen molar-refractivity contribution in [2.75, 3.05) is 20.1 Å². The van der Waals surface area contributed by atoms with E-state index in [9.17, 15) is 19.2 Å². The molecule has 12 heteroatoms. The van der Waals surface area contributed by atoms with E-state index in [2.05, 4.69) is 38.3 Å². The van der Waals surface area contributed by atoms with Gasteiger partial charge in [0.15, 0.2) is 0 Å². The van der Waals surface area contributed by atoms with Crippen LogP contribution in [0.3, 0.4) is 0 Å². The highest BCUT2D eigenvalue weighted by atomic mass is 16.6. The molecule has 0 bridgehead atoms. The number of nitrogens with one attached hydrogen (secondary N) is 5. The van der Waals surface area contributed by atoms with Crippen molar-refractivity contribution >= 4 is 23.8 Å². The van der Waals surface area contributed by atoms with Gasteiger partial charge in [0.25, 0.3) is 0 Å². The van der Waals surface area contributed by atoms with Crippen LogP contribution in [0.1, 0.15) is 64.6 Å². The summed E-state index contributed by atoms with van der Waals surface area (Å²) in [7, 11) is 1.46. The first-order valence-corrected chi connectivity index (χ1v) is 14.0. The van der Waals surface area contributed by atoms with E-state index < -0.39 is 35.5 Å². The zero-order valence-electron chi connectivity index (χ0n) is 24.8. The van der Waals surface area contributed by atoms with Crippen LogP contribution >= 0.6 is 0 Å². The Morgan fingerprint density at radius 2 is 1.80 bits per heavy atom. The number of hydrogen-bond donors (Lipinski definition) is 5. The van der Waals surface area contributed by atoms with Gasteiger partial charge in [-0.15, -0.1) is 0 Å². The van der Waals surface area contributed by atoms with Crippen LogP contribution in [0.15, 0.2) is 42.9 Å². The van der Waals surface area contributed by atoms with Crippen LogP contribution in [0.5, 0.6) is 0 Å². The fraction of sp³-hybridized carbons (Fsp3) is 0.552. The molecule has 0 aliphatic heterocycles.